The molecule has 0 aliphatic rings. The van der Waals surface area contributed by atoms with Crippen molar-refractivity contribution in [1.29, 1.82) is 0 Å². The van der Waals surface area contributed by atoms with Crippen molar-refractivity contribution in [3.8, 4) is 5.88 Å². The summed E-state index contributed by atoms with van der Waals surface area (Å²) in [6.07, 6.45) is -2.67. The highest BCUT2D eigenvalue weighted by molar-refractivity contribution is 5.85. The van der Waals surface area contributed by atoms with Crippen molar-refractivity contribution in [3.63, 3.8) is 0 Å². The van der Waals surface area contributed by atoms with Crippen molar-refractivity contribution in [2.75, 3.05) is 0 Å². The van der Waals surface area contributed by atoms with Gasteiger partial charge in [0.25, 0.3) is 0 Å². The number of ether oxygens (including phenoxy) is 1. The third-order valence-corrected chi connectivity index (χ3v) is 2.80. The van der Waals surface area contributed by atoms with Crippen LogP contribution in [0.4, 0.5) is 13.2 Å². The molecule has 1 heterocycles. The van der Waals surface area contributed by atoms with Crippen LogP contribution in [-0.4, -0.2) is 16.1 Å². The lowest BCUT2D eigenvalue weighted by molar-refractivity contribution is -0.141. The van der Waals surface area contributed by atoms with Gasteiger partial charge in [0.15, 0.2) is 0 Å². The van der Waals surface area contributed by atoms with E-state index in [1.807, 2.05) is 0 Å². The molecule has 0 spiro atoms. The summed E-state index contributed by atoms with van der Waals surface area (Å²) in [4.78, 5) is 14.0. The molecule has 4 nitrogen and oxygen atoms in total. The van der Waals surface area contributed by atoms with Gasteiger partial charge in [-0.05, 0) is 23.8 Å². The zero-order valence-corrected chi connectivity index (χ0v) is 11.7. The second kappa shape index (κ2) is 6.95. The number of pyridine rings is 1. The molecule has 0 atom stereocenters. The minimum absolute atomic E-state index is 0.0169. The predicted octanol–water partition coefficient (Wildman–Crippen LogP) is 3.78. The maximum atomic E-state index is 12.7. The Hall–Kier alpha value is -2.83. The third kappa shape index (κ3) is 4.84. The van der Waals surface area contributed by atoms with Crippen molar-refractivity contribution < 1.29 is 27.8 Å². The quantitative estimate of drug-likeness (QED) is 0.851. The average molecular weight is 323 g/mol. The third-order valence-electron chi connectivity index (χ3n) is 2.80. The van der Waals surface area contributed by atoms with E-state index >= 15 is 0 Å². The number of aliphatic carboxylic acids is 1. The summed E-state index contributed by atoms with van der Waals surface area (Å²) in [6.45, 7) is 0.0169. The van der Waals surface area contributed by atoms with Crippen LogP contribution in [0, 0.1) is 0 Å². The summed E-state index contributed by atoms with van der Waals surface area (Å²) >= 11 is 0. The van der Waals surface area contributed by atoms with E-state index in [2.05, 4.69) is 4.98 Å². The molecule has 0 amide bonds. The van der Waals surface area contributed by atoms with Crippen LogP contribution in [0.1, 0.15) is 16.8 Å². The van der Waals surface area contributed by atoms with E-state index in [0.717, 1.165) is 29.8 Å². The number of halogens is 3. The van der Waals surface area contributed by atoms with Gasteiger partial charge in [0, 0.05) is 11.6 Å². The number of alkyl halides is 3. The first-order valence-corrected chi connectivity index (χ1v) is 6.52. The monoisotopic (exact) mass is 323 g/mol. The van der Waals surface area contributed by atoms with E-state index in [9.17, 15) is 18.0 Å². The predicted molar refractivity (Wildman–Crippen MR) is 76.7 cm³/mol. The number of hydrogen-bond donors (Lipinski definition) is 1. The lowest BCUT2D eigenvalue weighted by Gasteiger charge is -2.12. The van der Waals surface area contributed by atoms with E-state index < -0.39 is 17.8 Å². The number of nitrogens with zero attached hydrogens (tertiary/aromatic N) is 1. The Morgan fingerprint density at radius 3 is 2.48 bits per heavy atom. The number of carbonyl (C=O) groups is 1. The highest BCUT2D eigenvalue weighted by Gasteiger charge is 2.33. The van der Waals surface area contributed by atoms with E-state index in [0.29, 0.717) is 0 Å². The molecule has 23 heavy (non-hydrogen) atoms. The molecule has 120 valence electrons. The molecule has 2 rings (SSSR count). The van der Waals surface area contributed by atoms with Gasteiger partial charge < -0.3 is 9.84 Å². The molecule has 1 aromatic carbocycles. The van der Waals surface area contributed by atoms with Crippen LogP contribution < -0.4 is 4.74 Å². The Kier molecular flexibility index (Phi) is 5.00. The first kappa shape index (κ1) is 16.5. The fraction of sp³-hybridized carbons (Fsp3) is 0.125. The molecule has 0 saturated heterocycles. The summed E-state index contributed by atoms with van der Waals surface area (Å²) in [7, 11) is 0. The van der Waals surface area contributed by atoms with Gasteiger partial charge in [0.2, 0.25) is 5.88 Å². The Morgan fingerprint density at radius 2 is 1.87 bits per heavy atom. The molecule has 2 aromatic rings. The molecular formula is C16H12F3NO3. The van der Waals surface area contributed by atoms with Gasteiger partial charge in [0.1, 0.15) is 12.3 Å². The Labute approximate surface area is 129 Å². The first-order chi connectivity index (χ1) is 10.9. The van der Waals surface area contributed by atoms with Gasteiger partial charge in [-0.25, -0.2) is 9.78 Å². The minimum atomic E-state index is -4.61. The maximum absolute atomic E-state index is 12.7. The molecule has 0 aliphatic heterocycles. The van der Waals surface area contributed by atoms with Crippen LogP contribution in [0.5, 0.6) is 5.88 Å². The van der Waals surface area contributed by atoms with Crippen LogP contribution >= 0.6 is 0 Å². The van der Waals surface area contributed by atoms with Crippen molar-refractivity contribution in [2.45, 2.75) is 12.8 Å². The van der Waals surface area contributed by atoms with Crippen molar-refractivity contribution in [1.82, 2.24) is 4.98 Å². The van der Waals surface area contributed by atoms with Crippen molar-refractivity contribution >= 4 is 12.0 Å². The molecular weight excluding hydrogens is 311 g/mol. The molecule has 1 aromatic heterocycles. The zero-order valence-electron chi connectivity index (χ0n) is 11.7. The topological polar surface area (TPSA) is 59.4 Å². The zero-order chi connectivity index (χ0) is 16.9. The van der Waals surface area contributed by atoms with Gasteiger partial charge in [-0.3, -0.25) is 0 Å². The summed E-state index contributed by atoms with van der Waals surface area (Å²) in [6, 6.07) is 10.7. The number of carboxylic acid groups (broad SMARTS) is 1. The summed E-state index contributed by atoms with van der Waals surface area (Å²) < 4.78 is 43.6. The van der Waals surface area contributed by atoms with Gasteiger partial charge in [-0.1, -0.05) is 30.3 Å². The Morgan fingerprint density at radius 1 is 1.17 bits per heavy atom. The number of aromatic nitrogens is 1. The van der Waals surface area contributed by atoms with Gasteiger partial charge in [-0.2, -0.15) is 13.2 Å². The fourth-order valence-electron chi connectivity index (χ4n) is 1.74. The fourth-order valence-corrected chi connectivity index (χ4v) is 1.74. The normalized spacial score (nSPS) is 11.6. The van der Waals surface area contributed by atoms with Gasteiger partial charge in [0.05, 0.1) is 0 Å². The minimum Gasteiger partial charge on any atom is -0.478 e. The molecule has 1 N–H and O–H groups in total. The molecule has 0 unspecified atom stereocenters. The molecule has 0 bridgehead atoms. The summed E-state index contributed by atoms with van der Waals surface area (Å²) in [5.41, 5.74) is -0.204. The maximum Gasteiger partial charge on any atom is 0.433 e. The number of hydrogen-bond acceptors (Lipinski definition) is 3. The van der Waals surface area contributed by atoms with Crippen LogP contribution in [-0.2, 0) is 17.6 Å². The molecule has 0 fully saturated rings. The number of carboxylic acids is 1. The average Bonchev–Trinajstić information content (AvgIpc) is 2.51. The number of rotatable bonds is 5. The summed E-state index contributed by atoms with van der Waals surface area (Å²) in [5.74, 6) is -1.50. The summed E-state index contributed by atoms with van der Waals surface area (Å²) in [5, 5.41) is 8.63. The first-order valence-electron chi connectivity index (χ1n) is 6.52. The molecule has 0 saturated carbocycles. The van der Waals surface area contributed by atoms with E-state index in [1.54, 1.807) is 30.3 Å². The largest absolute Gasteiger partial charge is 0.478 e. The van der Waals surface area contributed by atoms with Crippen molar-refractivity contribution in [2.24, 2.45) is 0 Å². The lowest BCUT2D eigenvalue weighted by Crippen LogP contribution is -2.10. The standard InChI is InChI=1S/C16H12F3NO3/c17-16(18,19)13-8-6-12(7-9-14(21)22)15(20-13)23-10-11-4-2-1-3-5-11/h1-9H,10H2,(H,21,22). The van der Waals surface area contributed by atoms with Crippen LogP contribution in [0.25, 0.3) is 6.08 Å². The second-order valence-electron chi connectivity index (χ2n) is 4.53. The molecule has 7 heteroatoms. The van der Waals surface area contributed by atoms with E-state index in [1.165, 1.54) is 0 Å². The van der Waals surface area contributed by atoms with E-state index in [-0.39, 0.29) is 18.1 Å². The van der Waals surface area contributed by atoms with Crippen LogP contribution in [0.15, 0.2) is 48.5 Å². The second-order valence-corrected chi connectivity index (χ2v) is 4.53. The van der Waals surface area contributed by atoms with Crippen molar-refractivity contribution in [3.05, 3.63) is 65.4 Å². The van der Waals surface area contributed by atoms with Gasteiger partial charge in [-0.15, -0.1) is 0 Å². The Bertz CT molecular complexity index is 712. The van der Waals surface area contributed by atoms with E-state index in [4.69, 9.17) is 9.84 Å². The SMILES string of the molecule is O=C(O)C=Cc1ccc(C(F)(F)F)nc1OCc1ccccc1. The highest BCUT2D eigenvalue weighted by atomic mass is 19.4. The highest BCUT2D eigenvalue weighted by Crippen LogP contribution is 2.30. The van der Waals surface area contributed by atoms with Crippen LogP contribution in [0.2, 0.25) is 0 Å². The molecule has 0 aliphatic carbocycles. The number of benzene rings is 1. The van der Waals surface area contributed by atoms with Crippen LogP contribution in [0.3, 0.4) is 0 Å². The Balaban J connectivity index is 2.30. The smallest absolute Gasteiger partial charge is 0.433 e. The molecule has 0 radical (unpaired) electrons. The van der Waals surface area contributed by atoms with Gasteiger partial charge >= 0.3 is 12.1 Å². The lowest BCUT2D eigenvalue weighted by atomic mass is 10.2.